The lowest BCUT2D eigenvalue weighted by Crippen LogP contribution is -2.29. The summed E-state index contributed by atoms with van der Waals surface area (Å²) in [4.78, 5) is 11.2. The van der Waals surface area contributed by atoms with E-state index in [0.717, 1.165) is 0 Å². The molecule has 0 saturated carbocycles. The van der Waals surface area contributed by atoms with Crippen LogP contribution in [0.25, 0.3) is 0 Å². The van der Waals surface area contributed by atoms with Crippen LogP contribution in [0, 0.1) is 0 Å². The highest BCUT2D eigenvalue weighted by Crippen LogP contribution is 2.08. The first-order valence-corrected chi connectivity index (χ1v) is 7.29. The smallest absolute Gasteiger partial charge is 0.320 e. The quantitative estimate of drug-likeness (QED) is 0.381. The first-order chi connectivity index (χ1) is 5.37. The second-order valence-electron chi connectivity index (χ2n) is 3.60. The SMILES string of the molecule is C=CCC(=C)C(=O)O[Si](C)(C)C. The molecule has 0 atom stereocenters. The fourth-order valence-corrected chi connectivity index (χ4v) is 1.31. The fourth-order valence-electron chi connectivity index (χ4n) is 0.608. The molecule has 0 spiro atoms. The van der Waals surface area contributed by atoms with E-state index in [-0.39, 0.29) is 5.97 Å². The van der Waals surface area contributed by atoms with E-state index in [1.807, 2.05) is 19.6 Å². The number of rotatable bonds is 4. The summed E-state index contributed by atoms with van der Waals surface area (Å²) in [5.74, 6) is -0.283. The average Bonchev–Trinajstić information content (AvgIpc) is 1.84. The normalized spacial score (nSPS) is 10.6. The molecule has 68 valence electrons. The van der Waals surface area contributed by atoms with Crippen molar-refractivity contribution >= 4 is 14.3 Å². The molecule has 0 aromatic carbocycles. The molecule has 0 aliphatic heterocycles. The molecular weight excluding hydrogens is 168 g/mol. The molecule has 0 radical (unpaired) electrons. The van der Waals surface area contributed by atoms with Gasteiger partial charge in [0.1, 0.15) is 0 Å². The van der Waals surface area contributed by atoms with Crippen molar-refractivity contribution in [1.82, 2.24) is 0 Å². The molecule has 3 heteroatoms. The van der Waals surface area contributed by atoms with E-state index in [1.165, 1.54) is 0 Å². The van der Waals surface area contributed by atoms with Gasteiger partial charge in [-0.25, -0.2) is 4.79 Å². The Bertz CT molecular complexity index is 201. The van der Waals surface area contributed by atoms with E-state index >= 15 is 0 Å². The van der Waals surface area contributed by atoms with Gasteiger partial charge in [0.05, 0.1) is 0 Å². The maximum Gasteiger partial charge on any atom is 0.320 e. The van der Waals surface area contributed by atoms with E-state index in [9.17, 15) is 4.79 Å². The molecule has 0 amide bonds. The van der Waals surface area contributed by atoms with Crippen LogP contribution in [0.1, 0.15) is 6.42 Å². The van der Waals surface area contributed by atoms with Crippen LogP contribution in [0.5, 0.6) is 0 Å². The monoisotopic (exact) mass is 184 g/mol. The van der Waals surface area contributed by atoms with E-state index in [4.69, 9.17) is 4.43 Å². The Morgan fingerprint density at radius 2 is 2.00 bits per heavy atom. The molecule has 0 aromatic heterocycles. The van der Waals surface area contributed by atoms with Crippen LogP contribution in [0.15, 0.2) is 24.8 Å². The number of hydrogen-bond acceptors (Lipinski definition) is 2. The minimum absolute atomic E-state index is 0.283. The Balaban J connectivity index is 4.05. The lowest BCUT2D eigenvalue weighted by molar-refractivity contribution is -0.130. The molecule has 0 rings (SSSR count). The minimum atomic E-state index is -1.76. The first-order valence-electron chi connectivity index (χ1n) is 3.89. The van der Waals surface area contributed by atoms with Crippen molar-refractivity contribution in [3.63, 3.8) is 0 Å². The molecule has 0 heterocycles. The lowest BCUT2D eigenvalue weighted by atomic mass is 10.2. The molecule has 0 saturated heterocycles. The van der Waals surface area contributed by atoms with Gasteiger partial charge in [0.2, 0.25) is 8.32 Å². The summed E-state index contributed by atoms with van der Waals surface area (Å²) in [6.45, 7) is 13.0. The largest absolute Gasteiger partial charge is 0.517 e. The van der Waals surface area contributed by atoms with Crippen molar-refractivity contribution in [2.24, 2.45) is 0 Å². The van der Waals surface area contributed by atoms with Crippen LogP contribution >= 0.6 is 0 Å². The predicted octanol–water partition coefficient (Wildman–Crippen LogP) is 2.50. The third-order valence-corrected chi connectivity index (χ3v) is 1.88. The van der Waals surface area contributed by atoms with Gasteiger partial charge in [0.15, 0.2) is 0 Å². The molecule has 0 fully saturated rings. The highest BCUT2D eigenvalue weighted by Gasteiger charge is 2.20. The standard InChI is InChI=1S/C9H16O2Si/c1-6-7-8(2)9(10)11-12(3,4)5/h6H,1-2,7H2,3-5H3. The van der Waals surface area contributed by atoms with Gasteiger partial charge in [-0.05, 0) is 26.1 Å². The van der Waals surface area contributed by atoms with E-state index in [0.29, 0.717) is 12.0 Å². The number of allylic oxidation sites excluding steroid dienone is 1. The summed E-state index contributed by atoms with van der Waals surface area (Å²) in [6, 6.07) is 0. The van der Waals surface area contributed by atoms with Crippen LogP contribution in [0.2, 0.25) is 19.6 Å². The summed E-state index contributed by atoms with van der Waals surface area (Å²) in [5, 5.41) is 0. The topological polar surface area (TPSA) is 26.3 Å². The van der Waals surface area contributed by atoms with Crippen molar-refractivity contribution in [2.45, 2.75) is 26.1 Å². The third kappa shape index (κ3) is 4.90. The van der Waals surface area contributed by atoms with Gasteiger partial charge >= 0.3 is 5.97 Å². The van der Waals surface area contributed by atoms with Crippen LogP contribution in [-0.4, -0.2) is 14.3 Å². The van der Waals surface area contributed by atoms with Crippen LogP contribution in [-0.2, 0) is 9.22 Å². The second-order valence-corrected chi connectivity index (χ2v) is 8.03. The van der Waals surface area contributed by atoms with Crippen molar-refractivity contribution in [3.05, 3.63) is 24.8 Å². The van der Waals surface area contributed by atoms with Gasteiger partial charge < -0.3 is 4.43 Å². The first kappa shape index (κ1) is 11.2. The van der Waals surface area contributed by atoms with Crippen LogP contribution in [0.3, 0.4) is 0 Å². The molecule has 0 aromatic rings. The summed E-state index contributed by atoms with van der Waals surface area (Å²) in [6.07, 6.45) is 2.15. The summed E-state index contributed by atoms with van der Waals surface area (Å²) >= 11 is 0. The van der Waals surface area contributed by atoms with Gasteiger partial charge in [-0.15, -0.1) is 6.58 Å². The third-order valence-electron chi connectivity index (χ3n) is 1.08. The maximum absolute atomic E-state index is 11.2. The predicted molar refractivity (Wildman–Crippen MR) is 53.4 cm³/mol. The van der Waals surface area contributed by atoms with E-state index in [2.05, 4.69) is 13.2 Å². The molecule has 0 unspecified atom stereocenters. The molecule has 0 aliphatic rings. The molecule has 0 N–H and O–H groups in total. The zero-order chi connectivity index (χ0) is 9.78. The molecule has 12 heavy (non-hydrogen) atoms. The Kier molecular flexibility index (Phi) is 3.96. The van der Waals surface area contributed by atoms with E-state index < -0.39 is 8.32 Å². The van der Waals surface area contributed by atoms with Gasteiger partial charge in [0.25, 0.3) is 0 Å². The molecule has 2 nitrogen and oxygen atoms in total. The zero-order valence-corrected chi connectivity index (χ0v) is 9.02. The maximum atomic E-state index is 11.2. The lowest BCUT2D eigenvalue weighted by Gasteiger charge is -2.17. The van der Waals surface area contributed by atoms with Gasteiger partial charge in [-0.3, -0.25) is 0 Å². The average molecular weight is 184 g/mol. The Morgan fingerprint density at radius 3 is 2.33 bits per heavy atom. The molecule has 0 aliphatic carbocycles. The fraction of sp³-hybridized carbons (Fsp3) is 0.444. The van der Waals surface area contributed by atoms with Gasteiger partial charge in [-0.2, -0.15) is 0 Å². The summed E-state index contributed by atoms with van der Waals surface area (Å²) in [7, 11) is -1.76. The van der Waals surface area contributed by atoms with Gasteiger partial charge in [-0.1, -0.05) is 12.7 Å². The molecular formula is C9H16O2Si. The van der Waals surface area contributed by atoms with Crippen LogP contribution in [0.4, 0.5) is 0 Å². The Labute approximate surface area is 75.1 Å². The van der Waals surface area contributed by atoms with E-state index in [1.54, 1.807) is 6.08 Å². The highest BCUT2D eigenvalue weighted by molar-refractivity contribution is 6.71. The van der Waals surface area contributed by atoms with Crippen molar-refractivity contribution in [1.29, 1.82) is 0 Å². The number of carbonyl (C=O) groups excluding carboxylic acids is 1. The molecule has 0 bridgehead atoms. The zero-order valence-electron chi connectivity index (χ0n) is 8.02. The summed E-state index contributed by atoms with van der Waals surface area (Å²) in [5.41, 5.74) is 0.479. The van der Waals surface area contributed by atoms with Crippen molar-refractivity contribution in [3.8, 4) is 0 Å². The second kappa shape index (κ2) is 4.26. The van der Waals surface area contributed by atoms with Crippen molar-refractivity contribution < 1.29 is 9.22 Å². The highest BCUT2D eigenvalue weighted by atomic mass is 28.4. The minimum Gasteiger partial charge on any atom is -0.517 e. The van der Waals surface area contributed by atoms with Gasteiger partial charge in [0, 0.05) is 5.57 Å². The van der Waals surface area contributed by atoms with Crippen molar-refractivity contribution in [2.75, 3.05) is 0 Å². The number of carbonyl (C=O) groups is 1. The summed E-state index contributed by atoms with van der Waals surface area (Å²) < 4.78 is 5.20. The Morgan fingerprint density at radius 1 is 1.50 bits per heavy atom. The number of hydrogen-bond donors (Lipinski definition) is 0. The Hall–Kier alpha value is -0.833. The van der Waals surface area contributed by atoms with Crippen LogP contribution < -0.4 is 0 Å².